The van der Waals surface area contributed by atoms with Crippen LogP contribution in [-0.2, 0) is 15.0 Å². The van der Waals surface area contributed by atoms with E-state index < -0.39 is 5.41 Å². The third kappa shape index (κ3) is 3.22. The highest BCUT2D eigenvalue weighted by Gasteiger charge is 2.51. The fraction of sp³-hybridized carbons (Fsp3) is 0.263. The molecule has 1 aliphatic rings. The molecule has 0 spiro atoms. The fourth-order valence-corrected chi connectivity index (χ4v) is 3.30. The Kier molecular flexibility index (Phi) is 4.45. The highest BCUT2D eigenvalue weighted by molar-refractivity contribution is 9.10. The lowest BCUT2D eigenvalue weighted by Crippen LogP contribution is -2.28. The number of halogens is 1. The van der Waals surface area contributed by atoms with Gasteiger partial charge in [-0.15, -0.1) is 0 Å². The van der Waals surface area contributed by atoms with Crippen molar-refractivity contribution in [2.24, 2.45) is 0 Å². The number of carbonyl (C=O) groups is 2. The smallest absolute Gasteiger partial charge is 0.235 e. The molecule has 5 heteroatoms. The standard InChI is InChI=1S/C19H19BrN2O2/c1-12-16(21-13(2)23)7-4-8-17(12)22-18(24)19(9-10-19)14-5-3-6-15(20)11-14/h3-8,11H,9-10H2,1-2H3,(H,21,23)(H,22,24). The number of carbonyl (C=O) groups excluding carboxylic acids is 2. The summed E-state index contributed by atoms with van der Waals surface area (Å²) in [4.78, 5) is 24.2. The molecule has 0 unspecified atom stereocenters. The highest BCUT2D eigenvalue weighted by Crippen LogP contribution is 2.49. The van der Waals surface area contributed by atoms with E-state index in [1.54, 1.807) is 0 Å². The van der Waals surface area contributed by atoms with Gasteiger partial charge in [-0.1, -0.05) is 34.1 Å². The van der Waals surface area contributed by atoms with Crippen LogP contribution in [0.5, 0.6) is 0 Å². The minimum atomic E-state index is -0.444. The molecule has 1 fully saturated rings. The lowest BCUT2D eigenvalue weighted by Gasteiger charge is -2.18. The van der Waals surface area contributed by atoms with Crippen LogP contribution in [0.4, 0.5) is 11.4 Å². The van der Waals surface area contributed by atoms with E-state index in [0.717, 1.165) is 34.1 Å². The number of benzene rings is 2. The lowest BCUT2D eigenvalue weighted by molar-refractivity contribution is -0.118. The monoisotopic (exact) mass is 386 g/mol. The Hall–Kier alpha value is -2.14. The molecule has 24 heavy (non-hydrogen) atoms. The first-order valence-electron chi connectivity index (χ1n) is 7.87. The normalized spacial score (nSPS) is 14.8. The van der Waals surface area contributed by atoms with Gasteiger partial charge < -0.3 is 10.6 Å². The van der Waals surface area contributed by atoms with E-state index in [4.69, 9.17) is 0 Å². The van der Waals surface area contributed by atoms with Gasteiger partial charge in [0.05, 0.1) is 5.41 Å². The van der Waals surface area contributed by atoms with Crippen molar-refractivity contribution in [3.63, 3.8) is 0 Å². The summed E-state index contributed by atoms with van der Waals surface area (Å²) in [6, 6.07) is 13.4. The predicted molar refractivity (Wildman–Crippen MR) is 99.2 cm³/mol. The van der Waals surface area contributed by atoms with E-state index in [2.05, 4.69) is 26.6 Å². The molecule has 2 N–H and O–H groups in total. The zero-order chi connectivity index (χ0) is 17.3. The average Bonchev–Trinajstić information content (AvgIpc) is 3.32. The number of hydrogen-bond donors (Lipinski definition) is 2. The zero-order valence-corrected chi connectivity index (χ0v) is 15.2. The third-order valence-corrected chi connectivity index (χ3v) is 4.95. The molecule has 0 aliphatic heterocycles. The Morgan fingerprint density at radius 1 is 1.04 bits per heavy atom. The van der Waals surface area contributed by atoms with Crippen LogP contribution in [-0.4, -0.2) is 11.8 Å². The second-order valence-corrected chi connectivity index (χ2v) is 7.12. The summed E-state index contributed by atoms with van der Waals surface area (Å²) in [5.74, 6) is -0.127. The number of anilines is 2. The second kappa shape index (κ2) is 6.40. The fourth-order valence-electron chi connectivity index (χ4n) is 2.90. The summed E-state index contributed by atoms with van der Waals surface area (Å²) in [5, 5.41) is 5.82. The third-order valence-electron chi connectivity index (χ3n) is 4.45. The Balaban J connectivity index is 1.84. The molecular formula is C19H19BrN2O2. The molecule has 0 bridgehead atoms. The molecule has 0 heterocycles. The minimum absolute atomic E-state index is 0.00340. The highest BCUT2D eigenvalue weighted by atomic mass is 79.9. The van der Waals surface area contributed by atoms with Gasteiger partial charge in [0.15, 0.2) is 0 Å². The van der Waals surface area contributed by atoms with Gasteiger partial charge in [-0.2, -0.15) is 0 Å². The summed E-state index contributed by atoms with van der Waals surface area (Å²) in [6.45, 7) is 3.36. The summed E-state index contributed by atoms with van der Waals surface area (Å²) < 4.78 is 0.975. The first-order chi connectivity index (χ1) is 11.4. The molecule has 1 saturated carbocycles. The molecule has 2 amide bonds. The first-order valence-corrected chi connectivity index (χ1v) is 8.66. The van der Waals surface area contributed by atoms with Crippen molar-refractivity contribution in [2.75, 3.05) is 10.6 Å². The van der Waals surface area contributed by atoms with Crippen LogP contribution < -0.4 is 10.6 Å². The SMILES string of the molecule is CC(=O)Nc1cccc(NC(=O)C2(c3cccc(Br)c3)CC2)c1C. The van der Waals surface area contributed by atoms with Gasteiger partial charge in [0.1, 0.15) is 0 Å². The topological polar surface area (TPSA) is 58.2 Å². The van der Waals surface area contributed by atoms with Crippen molar-refractivity contribution in [1.29, 1.82) is 0 Å². The van der Waals surface area contributed by atoms with E-state index in [1.807, 2.05) is 49.4 Å². The van der Waals surface area contributed by atoms with Crippen LogP contribution in [0.15, 0.2) is 46.9 Å². The number of amides is 2. The lowest BCUT2D eigenvalue weighted by atomic mass is 9.95. The Morgan fingerprint density at radius 2 is 1.67 bits per heavy atom. The maximum Gasteiger partial charge on any atom is 0.235 e. The number of rotatable bonds is 4. The van der Waals surface area contributed by atoms with Gasteiger partial charge in [-0.05, 0) is 55.2 Å². The van der Waals surface area contributed by atoms with Gasteiger partial charge in [-0.3, -0.25) is 9.59 Å². The Bertz CT molecular complexity index is 813. The summed E-state index contributed by atoms with van der Waals surface area (Å²) in [7, 11) is 0. The summed E-state index contributed by atoms with van der Waals surface area (Å²) >= 11 is 3.47. The molecule has 2 aromatic rings. The zero-order valence-electron chi connectivity index (χ0n) is 13.7. The van der Waals surface area contributed by atoms with Crippen LogP contribution in [0.2, 0.25) is 0 Å². The van der Waals surface area contributed by atoms with Gasteiger partial charge in [-0.25, -0.2) is 0 Å². The van der Waals surface area contributed by atoms with E-state index >= 15 is 0 Å². The average molecular weight is 387 g/mol. The molecule has 4 nitrogen and oxygen atoms in total. The quantitative estimate of drug-likeness (QED) is 0.818. The number of hydrogen-bond acceptors (Lipinski definition) is 2. The molecule has 0 radical (unpaired) electrons. The van der Waals surface area contributed by atoms with Crippen LogP contribution in [0.25, 0.3) is 0 Å². The van der Waals surface area contributed by atoms with Crippen molar-refractivity contribution in [2.45, 2.75) is 32.1 Å². The van der Waals surface area contributed by atoms with Crippen molar-refractivity contribution >= 4 is 39.1 Å². The van der Waals surface area contributed by atoms with Crippen LogP contribution in [0.1, 0.15) is 30.9 Å². The van der Waals surface area contributed by atoms with E-state index in [0.29, 0.717) is 5.69 Å². The molecular weight excluding hydrogens is 368 g/mol. The van der Waals surface area contributed by atoms with Crippen molar-refractivity contribution < 1.29 is 9.59 Å². The van der Waals surface area contributed by atoms with Gasteiger partial charge in [0.25, 0.3) is 0 Å². The minimum Gasteiger partial charge on any atom is -0.326 e. The maximum absolute atomic E-state index is 12.9. The molecule has 0 saturated heterocycles. The Labute approximate surface area is 149 Å². The van der Waals surface area contributed by atoms with E-state index in [-0.39, 0.29) is 11.8 Å². The molecule has 0 aromatic heterocycles. The molecule has 0 atom stereocenters. The molecule has 2 aromatic carbocycles. The summed E-state index contributed by atoms with van der Waals surface area (Å²) in [5.41, 5.74) is 2.89. The molecule has 1 aliphatic carbocycles. The van der Waals surface area contributed by atoms with Gasteiger partial charge >= 0.3 is 0 Å². The number of nitrogens with one attached hydrogen (secondary N) is 2. The van der Waals surface area contributed by atoms with Crippen molar-refractivity contribution in [1.82, 2.24) is 0 Å². The molecule has 124 valence electrons. The van der Waals surface area contributed by atoms with Crippen LogP contribution in [0.3, 0.4) is 0 Å². The van der Waals surface area contributed by atoms with Crippen LogP contribution in [0, 0.1) is 6.92 Å². The van der Waals surface area contributed by atoms with Crippen molar-refractivity contribution in [3.05, 3.63) is 58.1 Å². The molecule has 3 rings (SSSR count). The van der Waals surface area contributed by atoms with Crippen LogP contribution >= 0.6 is 15.9 Å². The first kappa shape index (κ1) is 16.7. The van der Waals surface area contributed by atoms with Gasteiger partial charge in [0.2, 0.25) is 11.8 Å². The predicted octanol–water partition coefficient (Wildman–Crippen LogP) is 4.39. The van der Waals surface area contributed by atoms with E-state index in [1.165, 1.54) is 6.92 Å². The maximum atomic E-state index is 12.9. The van der Waals surface area contributed by atoms with E-state index in [9.17, 15) is 9.59 Å². The Morgan fingerprint density at radius 3 is 2.25 bits per heavy atom. The van der Waals surface area contributed by atoms with Crippen molar-refractivity contribution in [3.8, 4) is 0 Å². The summed E-state index contributed by atoms with van der Waals surface area (Å²) in [6.07, 6.45) is 1.69. The second-order valence-electron chi connectivity index (χ2n) is 6.21. The van der Waals surface area contributed by atoms with Gasteiger partial charge in [0, 0.05) is 22.8 Å². The largest absolute Gasteiger partial charge is 0.326 e.